The number of nitrogens with zero attached hydrogens (tertiary/aromatic N) is 1. The molecule has 5 nitrogen and oxygen atoms in total. The lowest BCUT2D eigenvalue weighted by molar-refractivity contribution is 0.0560. The number of nitrogens with two attached hydrogens (primary N) is 1. The van der Waals surface area contributed by atoms with Crippen LogP contribution in [-0.4, -0.2) is 37.6 Å². The van der Waals surface area contributed by atoms with Crippen molar-refractivity contribution in [3.8, 4) is 0 Å². The molecule has 0 aliphatic carbocycles. The Bertz CT molecular complexity index is 403. The monoisotopic (exact) mass is 252 g/mol. The van der Waals surface area contributed by atoms with Gasteiger partial charge < -0.3 is 14.9 Å². The predicted octanol–water partition coefficient (Wildman–Crippen LogP) is 1.24. The lowest BCUT2D eigenvalue weighted by Crippen LogP contribution is -2.38. The zero-order valence-corrected chi connectivity index (χ0v) is 10.7. The molecule has 1 unspecified atom stereocenters. The number of likely N-dealkylation sites (tertiary alicyclic amines) is 1. The van der Waals surface area contributed by atoms with Gasteiger partial charge >= 0.3 is 5.97 Å². The normalized spacial score (nSPS) is 20.9. The van der Waals surface area contributed by atoms with E-state index in [9.17, 15) is 4.79 Å². The van der Waals surface area contributed by atoms with Crippen molar-refractivity contribution in [1.82, 2.24) is 4.90 Å². The van der Waals surface area contributed by atoms with Crippen LogP contribution in [0, 0.1) is 5.92 Å². The highest BCUT2D eigenvalue weighted by Gasteiger charge is 2.22. The molecule has 1 aliphatic rings. The number of piperidine rings is 1. The summed E-state index contributed by atoms with van der Waals surface area (Å²) in [5.41, 5.74) is 6.61. The molecule has 1 saturated heterocycles. The first-order chi connectivity index (χ1) is 8.74. The Morgan fingerprint density at radius 1 is 1.67 bits per heavy atom. The Morgan fingerprint density at radius 2 is 2.50 bits per heavy atom. The van der Waals surface area contributed by atoms with Gasteiger partial charge in [0.15, 0.2) is 0 Å². The number of carbonyl (C=O) groups is 1. The van der Waals surface area contributed by atoms with Gasteiger partial charge in [-0.2, -0.15) is 0 Å². The van der Waals surface area contributed by atoms with E-state index in [0.717, 1.165) is 38.2 Å². The Labute approximate surface area is 107 Å². The minimum absolute atomic E-state index is 0.312. The molecular formula is C13H20N2O3. The Balaban J connectivity index is 2.00. The second kappa shape index (κ2) is 6.02. The van der Waals surface area contributed by atoms with E-state index < -0.39 is 5.97 Å². The van der Waals surface area contributed by atoms with E-state index >= 15 is 0 Å². The van der Waals surface area contributed by atoms with E-state index in [0.29, 0.717) is 11.7 Å². The highest BCUT2D eigenvalue weighted by molar-refractivity contribution is 5.87. The summed E-state index contributed by atoms with van der Waals surface area (Å²) in [6, 6.07) is 1.83. The number of hydrogen-bond donors (Lipinski definition) is 1. The summed E-state index contributed by atoms with van der Waals surface area (Å²) in [5.74, 6) is 0.460. The average molecular weight is 252 g/mol. The van der Waals surface area contributed by atoms with Crippen molar-refractivity contribution in [2.75, 3.05) is 26.7 Å². The average Bonchev–Trinajstić information content (AvgIpc) is 2.86. The van der Waals surface area contributed by atoms with Crippen LogP contribution in [0.2, 0.25) is 0 Å². The Kier molecular flexibility index (Phi) is 4.38. The third-order valence-electron chi connectivity index (χ3n) is 3.45. The van der Waals surface area contributed by atoms with Crippen molar-refractivity contribution in [3.05, 3.63) is 23.7 Å². The molecule has 0 aromatic carbocycles. The molecule has 5 heteroatoms. The summed E-state index contributed by atoms with van der Waals surface area (Å²) in [6.45, 7) is 3.48. The number of rotatable bonds is 4. The molecule has 1 atom stereocenters. The van der Waals surface area contributed by atoms with E-state index in [-0.39, 0.29) is 0 Å². The summed E-state index contributed by atoms with van der Waals surface area (Å²) < 4.78 is 9.88. The van der Waals surface area contributed by atoms with Crippen molar-refractivity contribution in [2.45, 2.75) is 19.4 Å². The summed E-state index contributed by atoms with van der Waals surface area (Å²) >= 11 is 0. The van der Waals surface area contributed by atoms with Gasteiger partial charge in [-0.15, -0.1) is 0 Å². The number of methoxy groups -OCH3 is 1. The fraction of sp³-hybridized carbons (Fsp3) is 0.615. The predicted molar refractivity (Wildman–Crippen MR) is 67.1 cm³/mol. The van der Waals surface area contributed by atoms with Crippen molar-refractivity contribution in [3.63, 3.8) is 0 Å². The van der Waals surface area contributed by atoms with E-state index in [1.165, 1.54) is 19.8 Å². The molecule has 0 spiro atoms. The van der Waals surface area contributed by atoms with Crippen LogP contribution in [0.4, 0.5) is 0 Å². The van der Waals surface area contributed by atoms with Crippen molar-refractivity contribution in [1.29, 1.82) is 0 Å². The van der Waals surface area contributed by atoms with E-state index in [1.54, 1.807) is 0 Å². The number of ether oxygens (including phenoxy) is 1. The largest absolute Gasteiger partial charge is 0.463 e. The lowest BCUT2D eigenvalue weighted by Gasteiger charge is -2.31. The van der Waals surface area contributed by atoms with Crippen LogP contribution in [0.5, 0.6) is 0 Å². The zero-order valence-electron chi connectivity index (χ0n) is 10.7. The van der Waals surface area contributed by atoms with Gasteiger partial charge in [-0.05, 0) is 37.9 Å². The van der Waals surface area contributed by atoms with Crippen molar-refractivity contribution < 1.29 is 13.9 Å². The standard InChI is InChI=1S/C13H20N2O3/c1-17-13(16)12-11(4-6-18-12)9-15-5-2-3-10(7-14)8-15/h4,6,10H,2-3,5,7-9,14H2,1H3. The highest BCUT2D eigenvalue weighted by atomic mass is 16.5. The molecule has 0 bridgehead atoms. The minimum Gasteiger partial charge on any atom is -0.463 e. The maximum absolute atomic E-state index is 11.5. The molecule has 1 fully saturated rings. The van der Waals surface area contributed by atoms with E-state index in [2.05, 4.69) is 4.90 Å². The van der Waals surface area contributed by atoms with Crippen LogP contribution in [0.1, 0.15) is 29.0 Å². The minimum atomic E-state index is -0.414. The third-order valence-corrected chi connectivity index (χ3v) is 3.45. The molecule has 0 radical (unpaired) electrons. The molecule has 0 amide bonds. The highest BCUT2D eigenvalue weighted by Crippen LogP contribution is 2.20. The molecular weight excluding hydrogens is 232 g/mol. The number of carbonyl (C=O) groups excluding carboxylic acids is 1. The van der Waals surface area contributed by atoms with Gasteiger partial charge in [0.05, 0.1) is 13.4 Å². The van der Waals surface area contributed by atoms with Crippen LogP contribution in [0.3, 0.4) is 0 Å². The van der Waals surface area contributed by atoms with Gasteiger partial charge in [0, 0.05) is 18.7 Å². The second-order valence-corrected chi connectivity index (χ2v) is 4.75. The molecule has 18 heavy (non-hydrogen) atoms. The van der Waals surface area contributed by atoms with Crippen molar-refractivity contribution >= 4 is 5.97 Å². The third kappa shape index (κ3) is 2.91. The molecule has 2 heterocycles. The molecule has 1 aromatic rings. The number of hydrogen-bond acceptors (Lipinski definition) is 5. The zero-order chi connectivity index (χ0) is 13.0. The molecule has 100 valence electrons. The van der Waals surface area contributed by atoms with Gasteiger partial charge in [0.2, 0.25) is 5.76 Å². The summed E-state index contributed by atoms with van der Waals surface area (Å²) in [7, 11) is 1.36. The van der Waals surface area contributed by atoms with Gasteiger partial charge in [-0.3, -0.25) is 4.90 Å². The summed E-state index contributed by atoms with van der Waals surface area (Å²) in [6.07, 6.45) is 3.89. The van der Waals surface area contributed by atoms with Gasteiger partial charge in [-0.1, -0.05) is 0 Å². The van der Waals surface area contributed by atoms with Crippen LogP contribution in [0.25, 0.3) is 0 Å². The maximum atomic E-state index is 11.5. The quantitative estimate of drug-likeness (QED) is 0.816. The first kappa shape index (κ1) is 13.1. The van der Waals surface area contributed by atoms with Crippen LogP contribution >= 0.6 is 0 Å². The number of esters is 1. The second-order valence-electron chi connectivity index (χ2n) is 4.75. The Morgan fingerprint density at radius 3 is 3.22 bits per heavy atom. The molecule has 2 rings (SSSR count). The van der Waals surface area contributed by atoms with Crippen LogP contribution in [0.15, 0.2) is 16.7 Å². The smallest absolute Gasteiger partial charge is 0.374 e. The molecule has 1 aliphatic heterocycles. The van der Waals surface area contributed by atoms with Crippen molar-refractivity contribution in [2.24, 2.45) is 11.7 Å². The number of furan rings is 1. The lowest BCUT2D eigenvalue weighted by atomic mass is 9.98. The maximum Gasteiger partial charge on any atom is 0.374 e. The summed E-state index contributed by atoms with van der Waals surface area (Å²) in [5, 5.41) is 0. The van der Waals surface area contributed by atoms with Crippen LogP contribution < -0.4 is 5.73 Å². The SMILES string of the molecule is COC(=O)c1occc1CN1CCCC(CN)C1. The first-order valence-electron chi connectivity index (χ1n) is 6.31. The van der Waals surface area contributed by atoms with Gasteiger partial charge in [0.1, 0.15) is 0 Å². The Hall–Kier alpha value is -1.33. The molecule has 1 aromatic heterocycles. The molecule has 2 N–H and O–H groups in total. The van der Waals surface area contributed by atoms with Crippen LogP contribution in [-0.2, 0) is 11.3 Å². The van der Waals surface area contributed by atoms with Gasteiger partial charge in [-0.25, -0.2) is 4.79 Å². The fourth-order valence-corrected chi connectivity index (χ4v) is 2.46. The van der Waals surface area contributed by atoms with E-state index in [1.807, 2.05) is 6.07 Å². The van der Waals surface area contributed by atoms with Gasteiger partial charge in [0.25, 0.3) is 0 Å². The van der Waals surface area contributed by atoms with E-state index in [4.69, 9.17) is 14.9 Å². The summed E-state index contributed by atoms with van der Waals surface area (Å²) in [4.78, 5) is 13.8. The first-order valence-corrected chi connectivity index (χ1v) is 6.31. The topological polar surface area (TPSA) is 68.7 Å². The fourth-order valence-electron chi connectivity index (χ4n) is 2.46. The molecule has 0 saturated carbocycles.